The molecule has 0 bridgehead atoms. The number of hydrogen-bond donors (Lipinski definition) is 1. The van der Waals surface area contributed by atoms with Crippen molar-refractivity contribution in [2.45, 2.75) is 59.4 Å². The molecule has 0 saturated carbocycles. The van der Waals surface area contributed by atoms with E-state index in [4.69, 9.17) is 10.5 Å². The Morgan fingerprint density at radius 2 is 1.88 bits per heavy atom. The number of hydrogen-bond acceptors (Lipinski definition) is 5. The average Bonchev–Trinajstić information content (AvgIpc) is 2.45. The minimum absolute atomic E-state index is 0.125. The Bertz CT molecular complexity index is 671. The lowest BCUT2D eigenvalue weighted by Crippen LogP contribution is -2.49. The van der Waals surface area contributed by atoms with Crippen LogP contribution in [0.5, 0.6) is 0 Å². The fraction of sp³-hybridized carbons (Fsp3) is 0.684. The molecule has 0 radical (unpaired) electrons. The topological polar surface area (TPSA) is 79.3 Å². The maximum absolute atomic E-state index is 13.0. The van der Waals surface area contributed by atoms with Crippen molar-refractivity contribution in [3.05, 3.63) is 22.8 Å². The van der Waals surface area contributed by atoms with E-state index in [1.54, 1.807) is 0 Å². The van der Waals surface area contributed by atoms with Gasteiger partial charge >= 0.3 is 0 Å². The van der Waals surface area contributed by atoms with Crippen LogP contribution in [0.2, 0.25) is 0 Å². The van der Waals surface area contributed by atoms with Crippen molar-refractivity contribution < 1.29 is 9.53 Å². The molecule has 0 unspecified atom stereocenters. The zero-order valence-electron chi connectivity index (χ0n) is 15.1. The number of ether oxygens (including phenoxy) is 1. The van der Waals surface area contributed by atoms with Crippen LogP contribution in [0.1, 0.15) is 53.4 Å². The van der Waals surface area contributed by atoms with Gasteiger partial charge in [-0.05, 0) is 45.2 Å². The monoisotopic (exact) mass is 329 g/mol. The number of Topliss-reactive ketones (excluding diaryl/α,β-unsaturated/α-hetero) is 1. The summed E-state index contributed by atoms with van der Waals surface area (Å²) in [5.41, 5.74) is 6.62. The second-order valence-corrected chi connectivity index (χ2v) is 8.40. The molecule has 3 aliphatic rings. The van der Waals surface area contributed by atoms with E-state index in [0.29, 0.717) is 30.2 Å². The second-order valence-electron chi connectivity index (χ2n) is 8.40. The quantitative estimate of drug-likeness (QED) is 0.800. The molecular weight excluding hydrogens is 302 g/mol. The predicted molar refractivity (Wildman–Crippen MR) is 91.3 cm³/mol. The van der Waals surface area contributed by atoms with E-state index < -0.39 is 5.41 Å². The van der Waals surface area contributed by atoms with Crippen molar-refractivity contribution in [1.29, 1.82) is 5.26 Å². The van der Waals surface area contributed by atoms with Crippen LogP contribution in [0.3, 0.4) is 0 Å². The van der Waals surface area contributed by atoms with E-state index in [2.05, 4.69) is 38.7 Å². The Morgan fingerprint density at radius 1 is 1.25 bits per heavy atom. The number of carbonyl (C=O) groups is 1. The van der Waals surface area contributed by atoms with Crippen LogP contribution in [0.4, 0.5) is 0 Å². The largest absolute Gasteiger partial charge is 0.444 e. The Balaban J connectivity index is 2.07. The van der Waals surface area contributed by atoms with Crippen LogP contribution in [0.15, 0.2) is 22.8 Å². The van der Waals surface area contributed by atoms with Crippen molar-refractivity contribution in [3.63, 3.8) is 0 Å². The maximum atomic E-state index is 13.0. The van der Waals surface area contributed by atoms with E-state index in [1.807, 2.05) is 0 Å². The normalized spacial score (nSPS) is 26.4. The summed E-state index contributed by atoms with van der Waals surface area (Å²) in [6, 6.07) is 2.72. The minimum atomic E-state index is -0.550. The summed E-state index contributed by atoms with van der Waals surface area (Å²) in [5, 5.41) is 9.72. The van der Waals surface area contributed by atoms with Crippen molar-refractivity contribution >= 4 is 5.78 Å². The highest BCUT2D eigenvalue weighted by Crippen LogP contribution is 2.54. The van der Waals surface area contributed by atoms with Crippen LogP contribution in [-0.2, 0) is 9.53 Å². The molecule has 2 N–H and O–H groups in total. The third-order valence-electron chi connectivity index (χ3n) is 5.77. The van der Waals surface area contributed by atoms with Gasteiger partial charge in [0.15, 0.2) is 5.78 Å². The van der Waals surface area contributed by atoms with E-state index in [9.17, 15) is 10.1 Å². The number of ketones is 1. The maximum Gasteiger partial charge on any atom is 0.205 e. The SMILES string of the molecule is CC(C)N1CCC2(CC1)C(C#N)=C(N)OC1=C2C(=O)CC(C)(C)C1. The van der Waals surface area contributed by atoms with Gasteiger partial charge in [-0.3, -0.25) is 4.79 Å². The first-order chi connectivity index (χ1) is 11.2. The van der Waals surface area contributed by atoms with E-state index in [1.165, 1.54) is 0 Å². The fourth-order valence-electron chi connectivity index (χ4n) is 4.51. The number of piperidine rings is 1. The predicted octanol–water partition coefficient (Wildman–Crippen LogP) is 2.84. The molecule has 2 heterocycles. The number of nitriles is 1. The molecular formula is C19H27N3O2. The molecule has 1 fully saturated rings. The minimum Gasteiger partial charge on any atom is -0.444 e. The summed E-state index contributed by atoms with van der Waals surface area (Å²) in [6.45, 7) is 10.2. The number of allylic oxidation sites excluding steroid dienone is 3. The van der Waals surface area contributed by atoms with Crippen LogP contribution in [0.25, 0.3) is 0 Å². The number of fused-ring (bicyclic) bond motifs is 1. The fourth-order valence-corrected chi connectivity index (χ4v) is 4.51. The Hall–Kier alpha value is -1.80. The third-order valence-corrected chi connectivity index (χ3v) is 5.77. The van der Waals surface area contributed by atoms with E-state index >= 15 is 0 Å². The van der Waals surface area contributed by atoms with Gasteiger partial charge in [-0.2, -0.15) is 5.26 Å². The molecule has 0 aromatic carbocycles. The number of nitrogens with two attached hydrogens (primary N) is 1. The van der Waals surface area contributed by atoms with Crippen LogP contribution in [0, 0.1) is 22.2 Å². The highest BCUT2D eigenvalue weighted by atomic mass is 16.5. The third kappa shape index (κ3) is 2.53. The molecule has 130 valence electrons. The lowest BCUT2D eigenvalue weighted by Gasteiger charge is -2.48. The Morgan fingerprint density at radius 3 is 2.42 bits per heavy atom. The average molecular weight is 329 g/mol. The van der Waals surface area contributed by atoms with E-state index in [0.717, 1.165) is 31.5 Å². The molecule has 0 aromatic rings. The van der Waals surface area contributed by atoms with Gasteiger partial charge < -0.3 is 15.4 Å². The van der Waals surface area contributed by atoms with Crippen LogP contribution in [-0.4, -0.2) is 29.8 Å². The Labute approximate surface area is 144 Å². The van der Waals surface area contributed by atoms with Crippen molar-refractivity contribution in [3.8, 4) is 6.07 Å². The lowest BCUT2D eigenvalue weighted by molar-refractivity contribution is -0.120. The summed E-state index contributed by atoms with van der Waals surface area (Å²) in [6.07, 6.45) is 2.71. The second kappa shape index (κ2) is 5.63. The summed E-state index contributed by atoms with van der Waals surface area (Å²) in [4.78, 5) is 15.4. The van der Waals surface area contributed by atoms with Gasteiger partial charge in [0.05, 0.1) is 0 Å². The standard InChI is InChI=1S/C19H27N3O2/c1-12(2)22-7-5-19(6-8-22)13(11-20)17(21)24-15-10-18(3,4)9-14(23)16(15)19/h12H,5-10,21H2,1-4H3. The zero-order chi connectivity index (χ0) is 17.7. The van der Waals surface area contributed by atoms with Crippen molar-refractivity contribution in [2.24, 2.45) is 16.6 Å². The van der Waals surface area contributed by atoms with Gasteiger partial charge in [-0.25, -0.2) is 0 Å². The summed E-state index contributed by atoms with van der Waals surface area (Å²) >= 11 is 0. The Kier molecular flexibility index (Phi) is 4.00. The molecule has 1 saturated heterocycles. The van der Waals surface area contributed by atoms with Crippen molar-refractivity contribution in [2.75, 3.05) is 13.1 Å². The first kappa shape index (κ1) is 17.0. The molecule has 24 heavy (non-hydrogen) atoms. The zero-order valence-corrected chi connectivity index (χ0v) is 15.1. The summed E-state index contributed by atoms with van der Waals surface area (Å²) < 4.78 is 5.78. The molecule has 0 amide bonds. The highest BCUT2D eigenvalue weighted by Gasteiger charge is 2.52. The van der Waals surface area contributed by atoms with Gasteiger partial charge in [0.25, 0.3) is 0 Å². The number of rotatable bonds is 1. The molecule has 1 aliphatic carbocycles. The summed E-state index contributed by atoms with van der Waals surface area (Å²) in [5.74, 6) is 1.02. The first-order valence-electron chi connectivity index (χ1n) is 8.79. The van der Waals surface area contributed by atoms with Gasteiger partial charge in [0.2, 0.25) is 5.88 Å². The van der Waals surface area contributed by atoms with Gasteiger partial charge in [-0.1, -0.05) is 13.8 Å². The van der Waals surface area contributed by atoms with Crippen molar-refractivity contribution in [1.82, 2.24) is 4.90 Å². The molecule has 0 aromatic heterocycles. The number of carbonyl (C=O) groups excluding carboxylic acids is 1. The molecule has 5 heteroatoms. The van der Waals surface area contributed by atoms with Gasteiger partial charge in [0.1, 0.15) is 17.4 Å². The van der Waals surface area contributed by atoms with E-state index in [-0.39, 0.29) is 17.1 Å². The van der Waals surface area contributed by atoms with Crippen LogP contribution < -0.4 is 5.73 Å². The highest BCUT2D eigenvalue weighted by molar-refractivity contribution is 5.99. The first-order valence-corrected chi connectivity index (χ1v) is 8.79. The number of likely N-dealkylation sites (tertiary alicyclic amines) is 1. The summed E-state index contributed by atoms with van der Waals surface area (Å²) in [7, 11) is 0. The van der Waals surface area contributed by atoms with Gasteiger partial charge in [0, 0.05) is 29.9 Å². The smallest absolute Gasteiger partial charge is 0.205 e. The molecule has 5 nitrogen and oxygen atoms in total. The van der Waals surface area contributed by atoms with Gasteiger partial charge in [-0.15, -0.1) is 0 Å². The molecule has 3 rings (SSSR count). The van der Waals surface area contributed by atoms with Crippen LogP contribution >= 0.6 is 0 Å². The molecule has 0 atom stereocenters. The lowest BCUT2D eigenvalue weighted by atomic mass is 9.60. The number of nitrogens with zero attached hydrogens (tertiary/aromatic N) is 2. The molecule has 2 aliphatic heterocycles. The molecule has 1 spiro atoms.